The first-order chi connectivity index (χ1) is 12.1. The van der Waals surface area contributed by atoms with Crippen LogP contribution in [0.1, 0.15) is 16.2 Å². The molecule has 7 heteroatoms. The van der Waals surface area contributed by atoms with E-state index in [0.717, 1.165) is 15.2 Å². The number of carbonyl (C=O) groups is 1. The highest BCUT2D eigenvalue weighted by Crippen LogP contribution is 2.11. The van der Waals surface area contributed by atoms with Crippen molar-refractivity contribution < 1.29 is 4.79 Å². The monoisotopic (exact) mass is 447 g/mol. The molecular formula is C18H18IN5O. The number of rotatable bonds is 6. The normalized spacial score (nSPS) is 10.5. The van der Waals surface area contributed by atoms with Crippen LogP contribution >= 0.6 is 22.6 Å². The van der Waals surface area contributed by atoms with Crippen molar-refractivity contribution in [2.75, 3.05) is 18.4 Å². The lowest BCUT2D eigenvalue weighted by atomic mass is 10.2. The average Bonchev–Trinajstić information content (AvgIpc) is 3.13. The number of benzene rings is 1. The first-order valence-electron chi connectivity index (χ1n) is 7.88. The number of anilines is 1. The zero-order chi connectivity index (χ0) is 17.6. The van der Waals surface area contributed by atoms with Gasteiger partial charge in [-0.05, 0) is 65.9 Å². The number of aromatic nitrogens is 3. The molecule has 128 valence electrons. The number of amides is 1. The quantitative estimate of drug-likeness (QED) is 0.450. The van der Waals surface area contributed by atoms with Crippen molar-refractivity contribution in [3.05, 3.63) is 69.8 Å². The third kappa shape index (κ3) is 4.79. The molecule has 2 N–H and O–H groups in total. The van der Waals surface area contributed by atoms with Crippen molar-refractivity contribution in [2.24, 2.45) is 0 Å². The fraction of sp³-hybridized carbons (Fsp3) is 0.167. The molecule has 0 fully saturated rings. The van der Waals surface area contributed by atoms with E-state index in [9.17, 15) is 4.79 Å². The van der Waals surface area contributed by atoms with E-state index in [1.54, 1.807) is 0 Å². The molecule has 0 saturated heterocycles. The van der Waals surface area contributed by atoms with Crippen molar-refractivity contribution in [3.8, 4) is 5.82 Å². The van der Waals surface area contributed by atoms with Crippen LogP contribution in [0.4, 0.5) is 5.82 Å². The Bertz CT molecular complexity index is 846. The summed E-state index contributed by atoms with van der Waals surface area (Å²) in [5.41, 5.74) is 0.660. The minimum atomic E-state index is -0.0786. The predicted octanol–water partition coefficient (Wildman–Crippen LogP) is 3.02. The zero-order valence-corrected chi connectivity index (χ0v) is 15.9. The van der Waals surface area contributed by atoms with E-state index in [1.165, 1.54) is 0 Å². The summed E-state index contributed by atoms with van der Waals surface area (Å²) in [6, 6.07) is 13.3. The third-order valence-corrected chi connectivity index (χ3v) is 4.24. The number of hydrogen-bond acceptors (Lipinski definition) is 4. The maximum absolute atomic E-state index is 12.1. The van der Waals surface area contributed by atoms with Gasteiger partial charge < -0.3 is 15.2 Å². The molecule has 0 saturated carbocycles. The molecule has 0 atom stereocenters. The molecule has 0 radical (unpaired) electrons. The second-order valence-corrected chi connectivity index (χ2v) is 6.68. The van der Waals surface area contributed by atoms with E-state index in [2.05, 4.69) is 43.2 Å². The Morgan fingerprint density at radius 2 is 1.84 bits per heavy atom. The minimum Gasteiger partial charge on any atom is -0.368 e. The van der Waals surface area contributed by atoms with Crippen molar-refractivity contribution in [1.82, 2.24) is 19.9 Å². The van der Waals surface area contributed by atoms with Crippen LogP contribution in [0.25, 0.3) is 5.82 Å². The molecule has 0 aliphatic rings. The summed E-state index contributed by atoms with van der Waals surface area (Å²) >= 11 is 2.21. The lowest BCUT2D eigenvalue weighted by Crippen LogP contribution is -2.28. The van der Waals surface area contributed by atoms with E-state index in [4.69, 9.17) is 0 Å². The molecule has 0 aliphatic heterocycles. The smallest absolute Gasteiger partial charge is 0.251 e. The maximum atomic E-state index is 12.1. The lowest BCUT2D eigenvalue weighted by Gasteiger charge is -2.10. The Hall–Kier alpha value is -2.42. The van der Waals surface area contributed by atoms with Gasteiger partial charge in [-0.1, -0.05) is 0 Å². The molecule has 25 heavy (non-hydrogen) atoms. The van der Waals surface area contributed by atoms with E-state index in [1.807, 2.05) is 66.3 Å². The third-order valence-electron chi connectivity index (χ3n) is 3.52. The van der Waals surface area contributed by atoms with Gasteiger partial charge in [0.15, 0.2) is 0 Å². The number of halogens is 1. The summed E-state index contributed by atoms with van der Waals surface area (Å²) in [6.45, 7) is 2.95. The van der Waals surface area contributed by atoms with Gasteiger partial charge in [0.1, 0.15) is 17.5 Å². The van der Waals surface area contributed by atoms with Crippen LogP contribution in [0.3, 0.4) is 0 Å². The molecule has 3 rings (SSSR count). The Kier molecular flexibility index (Phi) is 5.64. The molecule has 0 spiro atoms. The molecule has 1 aromatic carbocycles. The van der Waals surface area contributed by atoms with Gasteiger partial charge in [0.2, 0.25) is 0 Å². The molecule has 3 aromatic rings. The Morgan fingerprint density at radius 3 is 2.56 bits per heavy atom. The van der Waals surface area contributed by atoms with Crippen molar-refractivity contribution in [1.29, 1.82) is 0 Å². The highest BCUT2D eigenvalue weighted by Gasteiger charge is 2.05. The highest BCUT2D eigenvalue weighted by atomic mass is 127. The van der Waals surface area contributed by atoms with Gasteiger partial charge in [-0.25, -0.2) is 9.97 Å². The van der Waals surface area contributed by atoms with E-state index >= 15 is 0 Å². The first-order valence-corrected chi connectivity index (χ1v) is 8.96. The zero-order valence-electron chi connectivity index (χ0n) is 13.7. The fourth-order valence-corrected chi connectivity index (χ4v) is 2.69. The molecule has 2 aromatic heterocycles. The van der Waals surface area contributed by atoms with Gasteiger partial charge >= 0.3 is 0 Å². The Labute approximate surface area is 159 Å². The molecular weight excluding hydrogens is 429 g/mol. The topological polar surface area (TPSA) is 71.8 Å². The summed E-state index contributed by atoms with van der Waals surface area (Å²) in [6.07, 6.45) is 3.87. The van der Waals surface area contributed by atoms with Crippen LogP contribution in [0.2, 0.25) is 0 Å². The predicted molar refractivity (Wildman–Crippen MR) is 106 cm³/mol. The summed E-state index contributed by atoms with van der Waals surface area (Å²) < 4.78 is 3.03. The number of hydrogen-bond donors (Lipinski definition) is 2. The van der Waals surface area contributed by atoms with Gasteiger partial charge in [-0.3, -0.25) is 4.79 Å². The second kappa shape index (κ2) is 8.11. The van der Waals surface area contributed by atoms with Crippen molar-refractivity contribution >= 4 is 34.3 Å². The SMILES string of the molecule is Cc1nc(NCCNC(=O)c2ccc(I)cc2)cc(-n2cccc2)n1. The summed E-state index contributed by atoms with van der Waals surface area (Å²) in [5.74, 6) is 2.16. The Morgan fingerprint density at radius 1 is 1.12 bits per heavy atom. The average molecular weight is 447 g/mol. The number of nitrogens with zero attached hydrogens (tertiary/aromatic N) is 3. The van der Waals surface area contributed by atoms with Crippen LogP contribution in [-0.2, 0) is 0 Å². The van der Waals surface area contributed by atoms with Crippen molar-refractivity contribution in [2.45, 2.75) is 6.92 Å². The van der Waals surface area contributed by atoms with Crippen LogP contribution in [0.15, 0.2) is 54.9 Å². The van der Waals surface area contributed by atoms with E-state index in [0.29, 0.717) is 24.5 Å². The largest absolute Gasteiger partial charge is 0.368 e. The molecule has 2 heterocycles. The Balaban J connectivity index is 1.54. The summed E-state index contributed by atoms with van der Waals surface area (Å²) in [7, 11) is 0. The maximum Gasteiger partial charge on any atom is 0.251 e. The first kappa shape index (κ1) is 17.4. The molecule has 0 aliphatic carbocycles. The summed E-state index contributed by atoms with van der Waals surface area (Å²) in [5, 5.41) is 6.12. The van der Waals surface area contributed by atoms with Gasteiger partial charge in [-0.2, -0.15) is 0 Å². The van der Waals surface area contributed by atoms with Gasteiger partial charge in [0.05, 0.1) is 0 Å². The number of nitrogens with one attached hydrogen (secondary N) is 2. The standard InChI is InChI=1S/C18H18IN5O/c1-13-22-16(12-17(23-13)24-10-2-3-11-24)20-8-9-21-18(25)14-4-6-15(19)7-5-14/h2-7,10-12H,8-9H2,1H3,(H,21,25)(H,20,22,23). The molecule has 0 unspecified atom stereocenters. The minimum absolute atomic E-state index is 0.0786. The lowest BCUT2D eigenvalue weighted by molar-refractivity contribution is 0.0955. The van der Waals surface area contributed by atoms with Crippen LogP contribution in [-0.4, -0.2) is 33.5 Å². The highest BCUT2D eigenvalue weighted by molar-refractivity contribution is 14.1. The van der Waals surface area contributed by atoms with Crippen molar-refractivity contribution in [3.63, 3.8) is 0 Å². The molecule has 0 bridgehead atoms. The van der Waals surface area contributed by atoms with Gasteiger partial charge in [0, 0.05) is 40.7 Å². The fourth-order valence-electron chi connectivity index (χ4n) is 2.33. The molecule has 6 nitrogen and oxygen atoms in total. The van der Waals surface area contributed by atoms with E-state index < -0.39 is 0 Å². The second-order valence-electron chi connectivity index (χ2n) is 5.44. The number of aryl methyl sites for hydroxylation is 1. The van der Waals surface area contributed by atoms with Gasteiger partial charge in [-0.15, -0.1) is 0 Å². The van der Waals surface area contributed by atoms with E-state index in [-0.39, 0.29) is 5.91 Å². The van der Waals surface area contributed by atoms with Crippen LogP contribution < -0.4 is 10.6 Å². The van der Waals surface area contributed by atoms with Crippen LogP contribution in [0, 0.1) is 10.5 Å². The van der Waals surface area contributed by atoms with Gasteiger partial charge in [0.25, 0.3) is 5.91 Å². The molecule has 1 amide bonds. The van der Waals surface area contributed by atoms with Crippen LogP contribution in [0.5, 0.6) is 0 Å². The summed E-state index contributed by atoms with van der Waals surface area (Å²) in [4.78, 5) is 20.9. The number of carbonyl (C=O) groups excluding carboxylic acids is 1.